The highest BCUT2D eigenvalue weighted by Gasteiger charge is 2.30. The zero-order valence-electron chi connectivity index (χ0n) is 10.2. The van der Waals surface area contributed by atoms with E-state index in [1.165, 1.54) is 0 Å². The molecule has 104 valence electrons. The van der Waals surface area contributed by atoms with E-state index in [4.69, 9.17) is 4.84 Å². The van der Waals surface area contributed by atoms with E-state index in [-0.39, 0.29) is 11.7 Å². The molecule has 0 atom stereocenters. The first-order valence-electron chi connectivity index (χ1n) is 6.10. The van der Waals surface area contributed by atoms with Gasteiger partial charge in [-0.25, -0.2) is 5.48 Å². The van der Waals surface area contributed by atoms with E-state index < -0.39 is 17.6 Å². The first-order chi connectivity index (χ1) is 8.97. The monoisotopic (exact) mass is 273 g/mol. The second-order valence-electron chi connectivity index (χ2n) is 4.53. The molecule has 2 rings (SSSR count). The van der Waals surface area contributed by atoms with Gasteiger partial charge in [-0.1, -0.05) is 12.8 Å². The van der Waals surface area contributed by atoms with Gasteiger partial charge in [0.15, 0.2) is 0 Å². The smallest absolute Gasteiger partial charge is 0.270 e. The second-order valence-corrected chi connectivity index (χ2v) is 4.53. The van der Waals surface area contributed by atoms with Crippen molar-refractivity contribution in [3.05, 3.63) is 35.4 Å². The van der Waals surface area contributed by atoms with Crippen molar-refractivity contribution in [2.75, 3.05) is 0 Å². The summed E-state index contributed by atoms with van der Waals surface area (Å²) < 4.78 is 37.0. The van der Waals surface area contributed by atoms with Gasteiger partial charge < -0.3 is 0 Å². The van der Waals surface area contributed by atoms with E-state index >= 15 is 0 Å². The molecule has 0 aliphatic heterocycles. The van der Waals surface area contributed by atoms with Gasteiger partial charge in [0.05, 0.1) is 11.7 Å². The standard InChI is InChI=1S/C13H14F3NO2/c14-13(15,16)10-7-5-9(6-8-10)12(18)17-19-11-3-1-2-4-11/h5-8,11H,1-4H2,(H,17,18). The van der Waals surface area contributed by atoms with Crippen molar-refractivity contribution in [2.24, 2.45) is 0 Å². The molecule has 0 bridgehead atoms. The van der Waals surface area contributed by atoms with Crippen LogP contribution < -0.4 is 5.48 Å². The van der Waals surface area contributed by atoms with Crippen LogP contribution in [0.4, 0.5) is 13.2 Å². The van der Waals surface area contributed by atoms with Crippen molar-refractivity contribution in [3.63, 3.8) is 0 Å². The predicted octanol–water partition coefficient (Wildman–Crippen LogP) is 3.31. The summed E-state index contributed by atoms with van der Waals surface area (Å²) in [6.45, 7) is 0. The molecule has 0 spiro atoms. The van der Waals surface area contributed by atoms with Crippen molar-refractivity contribution >= 4 is 5.91 Å². The lowest BCUT2D eigenvalue weighted by Crippen LogP contribution is -2.28. The first kappa shape index (κ1) is 13.9. The number of rotatable bonds is 3. The quantitative estimate of drug-likeness (QED) is 0.858. The van der Waals surface area contributed by atoms with Crippen LogP contribution in [0.5, 0.6) is 0 Å². The summed E-state index contributed by atoms with van der Waals surface area (Å²) in [7, 11) is 0. The number of hydrogen-bond acceptors (Lipinski definition) is 2. The Bertz CT molecular complexity index is 436. The summed E-state index contributed by atoms with van der Waals surface area (Å²) in [4.78, 5) is 16.8. The van der Waals surface area contributed by atoms with Gasteiger partial charge in [-0.2, -0.15) is 13.2 Å². The molecule has 3 nitrogen and oxygen atoms in total. The van der Waals surface area contributed by atoms with Crippen LogP contribution in [-0.2, 0) is 11.0 Å². The third kappa shape index (κ3) is 3.70. The minimum absolute atomic E-state index is 0.0124. The van der Waals surface area contributed by atoms with Crippen LogP contribution in [0.1, 0.15) is 41.6 Å². The van der Waals surface area contributed by atoms with Gasteiger partial charge >= 0.3 is 6.18 Å². The van der Waals surface area contributed by atoms with E-state index in [2.05, 4.69) is 5.48 Å². The molecule has 1 fully saturated rings. The van der Waals surface area contributed by atoms with Gasteiger partial charge in [0.1, 0.15) is 0 Å². The molecule has 1 aromatic carbocycles. The molecule has 1 saturated carbocycles. The Balaban J connectivity index is 1.92. The first-order valence-corrected chi connectivity index (χ1v) is 6.10. The molecule has 1 N–H and O–H groups in total. The summed E-state index contributed by atoms with van der Waals surface area (Å²) >= 11 is 0. The van der Waals surface area contributed by atoms with Gasteiger partial charge in [-0.15, -0.1) is 0 Å². The van der Waals surface area contributed by atoms with Gasteiger partial charge in [-0.3, -0.25) is 9.63 Å². The van der Waals surface area contributed by atoms with Crippen molar-refractivity contribution in [1.82, 2.24) is 5.48 Å². The number of nitrogens with one attached hydrogen (secondary N) is 1. The molecule has 0 heterocycles. The van der Waals surface area contributed by atoms with Gasteiger partial charge in [0.2, 0.25) is 0 Å². The van der Waals surface area contributed by atoms with Gasteiger partial charge in [-0.05, 0) is 37.1 Å². The number of carbonyl (C=O) groups excluding carboxylic acids is 1. The average molecular weight is 273 g/mol. The maximum Gasteiger partial charge on any atom is 0.416 e. The number of alkyl halides is 3. The summed E-state index contributed by atoms with van der Waals surface area (Å²) in [5.74, 6) is -0.527. The molecular weight excluding hydrogens is 259 g/mol. The van der Waals surface area contributed by atoms with Crippen molar-refractivity contribution < 1.29 is 22.8 Å². The molecular formula is C13H14F3NO2. The van der Waals surface area contributed by atoms with Crippen LogP contribution in [0, 0.1) is 0 Å². The molecule has 1 aliphatic rings. The Morgan fingerprint density at radius 2 is 1.74 bits per heavy atom. The third-order valence-electron chi connectivity index (χ3n) is 3.09. The predicted molar refractivity (Wildman–Crippen MR) is 62.3 cm³/mol. The van der Waals surface area contributed by atoms with Crippen LogP contribution in [0.3, 0.4) is 0 Å². The van der Waals surface area contributed by atoms with Crippen molar-refractivity contribution in [1.29, 1.82) is 0 Å². The number of benzene rings is 1. The summed E-state index contributed by atoms with van der Waals surface area (Å²) in [5.41, 5.74) is 1.65. The van der Waals surface area contributed by atoms with Gasteiger partial charge in [0.25, 0.3) is 5.91 Å². The normalized spacial score (nSPS) is 16.6. The fourth-order valence-electron chi connectivity index (χ4n) is 2.01. The second kappa shape index (κ2) is 5.61. The van der Waals surface area contributed by atoms with Crippen LogP contribution in [0.15, 0.2) is 24.3 Å². The van der Waals surface area contributed by atoms with Crippen molar-refractivity contribution in [2.45, 2.75) is 38.0 Å². The van der Waals surface area contributed by atoms with Crippen LogP contribution in [-0.4, -0.2) is 12.0 Å². The summed E-state index contributed by atoms with van der Waals surface area (Å²) in [6.07, 6.45) is -0.448. The van der Waals surface area contributed by atoms with E-state index in [1.54, 1.807) is 0 Å². The highest BCUT2D eigenvalue weighted by atomic mass is 19.4. The van der Waals surface area contributed by atoms with Crippen LogP contribution in [0.25, 0.3) is 0 Å². The molecule has 0 unspecified atom stereocenters. The molecule has 19 heavy (non-hydrogen) atoms. The molecule has 1 aromatic rings. The number of hydroxylamine groups is 1. The maximum absolute atomic E-state index is 12.3. The Morgan fingerprint density at radius 3 is 2.26 bits per heavy atom. The molecule has 0 saturated heterocycles. The van der Waals surface area contributed by atoms with Crippen LogP contribution >= 0.6 is 0 Å². The van der Waals surface area contributed by atoms with E-state index in [0.29, 0.717) is 0 Å². The molecule has 0 aromatic heterocycles. The number of amides is 1. The topological polar surface area (TPSA) is 38.3 Å². The minimum atomic E-state index is -4.39. The lowest BCUT2D eigenvalue weighted by atomic mass is 10.1. The fraction of sp³-hybridized carbons (Fsp3) is 0.462. The number of halogens is 3. The molecule has 0 radical (unpaired) electrons. The Labute approximate surface area is 108 Å². The molecule has 1 amide bonds. The highest BCUT2D eigenvalue weighted by molar-refractivity contribution is 5.93. The molecule has 6 heteroatoms. The summed E-state index contributed by atoms with van der Waals surface area (Å²) in [5, 5.41) is 0. The highest BCUT2D eigenvalue weighted by Crippen LogP contribution is 2.29. The Hall–Kier alpha value is -1.56. The van der Waals surface area contributed by atoms with E-state index in [0.717, 1.165) is 49.9 Å². The number of hydrogen-bond donors (Lipinski definition) is 1. The number of carbonyl (C=O) groups is 1. The minimum Gasteiger partial charge on any atom is -0.270 e. The SMILES string of the molecule is O=C(NOC1CCCC1)c1ccc(C(F)(F)F)cc1. The largest absolute Gasteiger partial charge is 0.416 e. The fourth-order valence-corrected chi connectivity index (χ4v) is 2.01. The Kier molecular flexibility index (Phi) is 4.09. The van der Waals surface area contributed by atoms with Gasteiger partial charge in [0, 0.05) is 5.56 Å². The Morgan fingerprint density at radius 1 is 1.16 bits per heavy atom. The lowest BCUT2D eigenvalue weighted by Gasteiger charge is -2.12. The average Bonchev–Trinajstić information content (AvgIpc) is 2.88. The zero-order valence-corrected chi connectivity index (χ0v) is 10.2. The lowest BCUT2D eigenvalue weighted by molar-refractivity contribution is -0.137. The van der Waals surface area contributed by atoms with E-state index in [1.807, 2.05) is 0 Å². The zero-order chi connectivity index (χ0) is 13.9. The van der Waals surface area contributed by atoms with Crippen LogP contribution in [0.2, 0.25) is 0 Å². The third-order valence-corrected chi connectivity index (χ3v) is 3.09. The van der Waals surface area contributed by atoms with Crippen molar-refractivity contribution in [3.8, 4) is 0 Å². The maximum atomic E-state index is 12.3. The summed E-state index contributed by atoms with van der Waals surface area (Å²) in [6, 6.07) is 4.03. The molecule has 1 aliphatic carbocycles. The van der Waals surface area contributed by atoms with E-state index in [9.17, 15) is 18.0 Å².